The Morgan fingerprint density at radius 3 is 2.30 bits per heavy atom. The van der Waals surface area contributed by atoms with Crippen molar-refractivity contribution in [1.29, 1.82) is 0 Å². The zero-order chi connectivity index (χ0) is 8.15. The van der Waals surface area contributed by atoms with Crippen LogP contribution >= 0.6 is 24.4 Å². The summed E-state index contributed by atoms with van der Waals surface area (Å²) in [5.41, 5.74) is 0. The summed E-state index contributed by atoms with van der Waals surface area (Å²) in [6.45, 7) is 0. The Bertz CT molecular complexity index is 146. The molecule has 0 heterocycles. The highest BCUT2D eigenvalue weighted by molar-refractivity contribution is 8.11. The highest BCUT2D eigenvalue weighted by Gasteiger charge is 2.13. The van der Waals surface area contributed by atoms with Crippen molar-refractivity contribution in [1.82, 2.24) is 0 Å². The number of thiol groups is 1. The standard InChI is InChI=1S/C4H6O4S2/c5-2(6)1-10-4(9)3(7)8/h4,9H,1H2,(H,5,6)(H,7,8). The molecule has 0 spiro atoms. The minimum absolute atomic E-state index is 0.236. The first kappa shape index (κ1) is 9.64. The smallest absolute Gasteiger partial charge is 0.326 e. The maximum absolute atomic E-state index is 10.0. The highest BCUT2D eigenvalue weighted by Crippen LogP contribution is 2.13. The fourth-order valence-electron chi connectivity index (χ4n) is 0.222. The number of aliphatic carboxylic acids is 2. The van der Waals surface area contributed by atoms with Crippen molar-refractivity contribution in [2.75, 3.05) is 5.75 Å². The molecule has 10 heavy (non-hydrogen) atoms. The minimum Gasteiger partial charge on any atom is -0.481 e. The maximum atomic E-state index is 10.0. The van der Waals surface area contributed by atoms with Gasteiger partial charge in [-0.05, 0) is 0 Å². The molecule has 0 saturated carbocycles. The SMILES string of the molecule is O=C(O)CSC(S)C(=O)O. The molecule has 0 amide bonds. The molecule has 0 rings (SSSR count). The van der Waals surface area contributed by atoms with Crippen LogP contribution in [0.4, 0.5) is 0 Å². The van der Waals surface area contributed by atoms with Crippen molar-refractivity contribution in [3.05, 3.63) is 0 Å². The topological polar surface area (TPSA) is 74.6 Å². The van der Waals surface area contributed by atoms with Crippen molar-refractivity contribution in [3.8, 4) is 0 Å². The predicted molar refractivity (Wildman–Crippen MR) is 40.5 cm³/mol. The Kier molecular flexibility index (Phi) is 4.29. The monoisotopic (exact) mass is 182 g/mol. The van der Waals surface area contributed by atoms with Gasteiger partial charge >= 0.3 is 11.9 Å². The van der Waals surface area contributed by atoms with Gasteiger partial charge in [0.2, 0.25) is 0 Å². The Morgan fingerprint density at radius 2 is 2.00 bits per heavy atom. The van der Waals surface area contributed by atoms with Gasteiger partial charge < -0.3 is 10.2 Å². The van der Waals surface area contributed by atoms with Crippen LogP contribution in [0.15, 0.2) is 0 Å². The van der Waals surface area contributed by atoms with Crippen molar-refractivity contribution >= 4 is 36.3 Å². The lowest BCUT2D eigenvalue weighted by molar-refractivity contribution is -0.134. The number of thioether (sulfide) groups is 1. The summed E-state index contributed by atoms with van der Waals surface area (Å²) in [5.74, 6) is -2.39. The molecular weight excluding hydrogens is 176 g/mol. The Morgan fingerprint density at radius 1 is 1.50 bits per heavy atom. The van der Waals surface area contributed by atoms with Gasteiger partial charge in [0.25, 0.3) is 0 Å². The van der Waals surface area contributed by atoms with Crippen LogP contribution in [0.2, 0.25) is 0 Å². The lowest BCUT2D eigenvalue weighted by Crippen LogP contribution is -2.12. The van der Waals surface area contributed by atoms with E-state index in [9.17, 15) is 9.59 Å². The second kappa shape index (κ2) is 4.45. The number of hydrogen-bond acceptors (Lipinski definition) is 4. The van der Waals surface area contributed by atoms with Crippen LogP contribution in [0, 0.1) is 0 Å². The molecule has 0 bridgehead atoms. The number of hydrogen-bond donors (Lipinski definition) is 3. The molecular formula is C4H6O4S2. The average Bonchev–Trinajstić information content (AvgIpc) is 1.82. The number of rotatable bonds is 4. The van der Waals surface area contributed by atoms with Gasteiger partial charge in [0.15, 0.2) is 0 Å². The van der Waals surface area contributed by atoms with Gasteiger partial charge in [0.05, 0.1) is 5.75 Å². The van der Waals surface area contributed by atoms with E-state index in [4.69, 9.17) is 10.2 Å². The molecule has 0 aliphatic rings. The van der Waals surface area contributed by atoms with Gasteiger partial charge in [0, 0.05) is 0 Å². The average molecular weight is 182 g/mol. The van der Waals surface area contributed by atoms with E-state index in [1.165, 1.54) is 0 Å². The first-order valence-corrected chi connectivity index (χ1v) is 3.85. The molecule has 0 aromatic carbocycles. The van der Waals surface area contributed by atoms with Crippen molar-refractivity contribution in [3.63, 3.8) is 0 Å². The van der Waals surface area contributed by atoms with Gasteiger partial charge in [-0.25, -0.2) is 0 Å². The van der Waals surface area contributed by atoms with E-state index in [-0.39, 0.29) is 5.75 Å². The van der Waals surface area contributed by atoms with E-state index in [0.29, 0.717) is 0 Å². The van der Waals surface area contributed by atoms with E-state index in [0.717, 1.165) is 11.8 Å². The van der Waals surface area contributed by atoms with Crippen LogP contribution in [0.1, 0.15) is 0 Å². The van der Waals surface area contributed by atoms with Crippen molar-refractivity contribution in [2.24, 2.45) is 0 Å². The molecule has 0 radical (unpaired) electrons. The predicted octanol–water partition coefficient (Wildman–Crippen LogP) is 0.145. The Hall–Kier alpha value is -0.360. The molecule has 0 saturated heterocycles. The summed E-state index contributed by atoms with van der Waals surface area (Å²) in [7, 11) is 0. The minimum atomic E-state index is -1.12. The summed E-state index contributed by atoms with van der Waals surface area (Å²) in [6.07, 6.45) is 0. The van der Waals surface area contributed by atoms with Crippen LogP contribution in [0.25, 0.3) is 0 Å². The van der Waals surface area contributed by atoms with E-state index in [2.05, 4.69) is 12.6 Å². The normalized spacial score (nSPS) is 12.5. The first-order chi connectivity index (χ1) is 4.54. The second-order valence-corrected chi connectivity index (χ2v) is 3.35. The Labute approximate surface area is 67.0 Å². The third-order valence-corrected chi connectivity index (χ3v) is 2.18. The molecule has 1 unspecified atom stereocenters. The van der Waals surface area contributed by atoms with Crippen LogP contribution in [0.3, 0.4) is 0 Å². The van der Waals surface area contributed by atoms with Crippen LogP contribution in [-0.4, -0.2) is 32.5 Å². The number of carbonyl (C=O) groups is 2. The zero-order valence-corrected chi connectivity index (χ0v) is 6.56. The van der Waals surface area contributed by atoms with E-state index in [1.807, 2.05) is 0 Å². The largest absolute Gasteiger partial charge is 0.481 e. The number of carboxylic acid groups (broad SMARTS) is 2. The van der Waals surface area contributed by atoms with Crippen molar-refractivity contribution in [2.45, 2.75) is 4.58 Å². The van der Waals surface area contributed by atoms with Crippen LogP contribution in [-0.2, 0) is 9.59 Å². The molecule has 1 atom stereocenters. The molecule has 0 fully saturated rings. The van der Waals surface area contributed by atoms with Crippen LogP contribution < -0.4 is 0 Å². The van der Waals surface area contributed by atoms with E-state index < -0.39 is 16.5 Å². The lowest BCUT2D eigenvalue weighted by atomic mass is 10.8. The van der Waals surface area contributed by atoms with Gasteiger partial charge in [-0.2, -0.15) is 12.6 Å². The van der Waals surface area contributed by atoms with Gasteiger partial charge in [0.1, 0.15) is 4.58 Å². The summed E-state index contributed by atoms with van der Waals surface area (Å²) >= 11 is 4.36. The molecule has 0 aliphatic carbocycles. The van der Waals surface area contributed by atoms with Crippen molar-refractivity contribution < 1.29 is 19.8 Å². The summed E-state index contributed by atoms with van der Waals surface area (Å²) < 4.78 is -0.948. The second-order valence-electron chi connectivity index (χ2n) is 1.40. The molecule has 58 valence electrons. The summed E-state index contributed by atoms with van der Waals surface area (Å²) in [5, 5.41) is 16.3. The molecule has 0 aromatic rings. The van der Waals surface area contributed by atoms with Crippen LogP contribution in [0.5, 0.6) is 0 Å². The number of carboxylic acids is 2. The fraction of sp³-hybridized carbons (Fsp3) is 0.500. The van der Waals surface area contributed by atoms with Gasteiger partial charge in [-0.15, -0.1) is 11.8 Å². The van der Waals surface area contributed by atoms with Gasteiger partial charge in [-0.1, -0.05) is 0 Å². The summed E-state index contributed by atoms with van der Waals surface area (Å²) in [6, 6.07) is 0. The zero-order valence-electron chi connectivity index (χ0n) is 4.85. The highest BCUT2D eigenvalue weighted by atomic mass is 32.2. The molecule has 0 aromatic heterocycles. The molecule has 2 N–H and O–H groups in total. The molecule has 4 nitrogen and oxygen atoms in total. The summed E-state index contributed by atoms with van der Waals surface area (Å²) in [4.78, 5) is 19.9. The first-order valence-electron chi connectivity index (χ1n) is 2.28. The van der Waals surface area contributed by atoms with E-state index >= 15 is 0 Å². The molecule has 6 heteroatoms. The fourth-order valence-corrected chi connectivity index (χ4v) is 0.888. The Balaban J connectivity index is 3.49. The molecule has 0 aliphatic heterocycles. The van der Waals surface area contributed by atoms with Gasteiger partial charge in [-0.3, -0.25) is 9.59 Å². The lowest BCUT2D eigenvalue weighted by Gasteiger charge is -2.00. The third-order valence-electron chi connectivity index (χ3n) is 0.576. The quantitative estimate of drug-likeness (QED) is 0.426. The third kappa shape index (κ3) is 4.51. The maximum Gasteiger partial charge on any atom is 0.326 e. The van der Waals surface area contributed by atoms with E-state index in [1.54, 1.807) is 0 Å².